The van der Waals surface area contributed by atoms with Crippen molar-refractivity contribution in [1.82, 2.24) is 14.8 Å². The number of nitrogens with one attached hydrogen (secondary N) is 1. The third-order valence-corrected chi connectivity index (χ3v) is 2.64. The quantitative estimate of drug-likeness (QED) is 0.826. The molecule has 18 heavy (non-hydrogen) atoms. The second-order valence-corrected chi connectivity index (χ2v) is 4.66. The number of nitrogens with two attached hydrogens (primary N) is 1. The van der Waals surface area contributed by atoms with Crippen molar-refractivity contribution in [3.63, 3.8) is 0 Å². The zero-order valence-electron chi connectivity index (χ0n) is 10.3. The zero-order valence-corrected chi connectivity index (χ0v) is 11.1. The van der Waals surface area contributed by atoms with Gasteiger partial charge in [0, 0.05) is 24.1 Å². The number of thiocarbonyl (C=S) groups is 1. The first-order valence-electron chi connectivity index (χ1n) is 5.63. The molecular formula is C12H15N5S. The number of nitrogens with zero attached hydrogens (tertiary/aromatic N) is 3. The van der Waals surface area contributed by atoms with Crippen LogP contribution < -0.4 is 11.1 Å². The van der Waals surface area contributed by atoms with Crippen molar-refractivity contribution in [3.8, 4) is 0 Å². The van der Waals surface area contributed by atoms with E-state index in [0.717, 1.165) is 11.4 Å². The van der Waals surface area contributed by atoms with Crippen molar-refractivity contribution in [2.45, 2.75) is 19.9 Å². The number of anilines is 2. The molecule has 6 heteroatoms. The van der Waals surface area contributed by atoms with E-state index in [1.54, 1.807) is 12.4 Å². The molecule has 2 rings (SSSR count). The molecule has 0 saturated heterocycles. The summed E-state index contributed by atoms with van der Waals surface area (Å²) in [5.74, 6) is 0. The van der Waals surface area contributed by atoms with Crippen LogP contribution in [0.25, 0.3) is 0 Å². The molecule has 2 aromatic heterocycles. The molecule has 2 aromatic rings. The van der Waals surface area contributed by atoms with Gasteiger partial charge in [0.15, 0.2) is 0 Å². The molecule has 3 N–H and O–H groups in total. The molecule has 0 spiro atoms. The van der Waals surface area contributed by atoms with Gasteiger partial charge in [0.25, 0.3) is 0 Å². The molecule has 94 valence electrons. The van der Waals surface area contributed by atoms with Crippen LogP contribution in [-0.2, 0) is 0 Å². The predicted octanol–water partition coefficient (Wildman–Crippen LogP) is 2.24. The fourth-order valence-electron chi connectivity index (χ4n) is 1.49. The summed E-state index contributed by atoms with van der Waals surface area (Å²) < 4.78 is 1.89. The van der Waals surface area contributed by atoms with Gasteiger partial charge in [0.1, 0.15) is 4.99 Å². The molecule has 0 aliphatic rings. The molecule has 0 aromatic carbocycles. The Kier molecular flexibility index (Phi) is 3.57. The summed E-state index contributed by atoms with van der Waals surface area (Å²) in [6, 6.07) is 4.01. The normalized spacial score (nSPS) is 10.6. The van der Waals surface area contributed by atoms with Crippen molar-refractivity contribution in [2.24, 2.45) is 5.73 Å². The summed E-state index contributed by atoms with van der Waals surface area (Å²) in [5.41, 5.74) is 7.95. The van der Waals surface area contributed by atoms with Crippen LogP contribution >= 0.6 is 12.2 Å². The highest BCUT2D eigenvalue weighted by Crippen LogP contribution is 2.17. The smallest absolute Gasteiger partial charge is 0.122 e. The molecule has 0 unspecified atom stereocenters. The number of rotatable bonds is 4. The number of hydrogen-bond donors (Lipinski definition) is 2. The Morgan fingerprint density at radius 1 is 1.44 bits per heavy atom. The molecule has 0 fully saturated rings. The van der Waals surface area contributed by atoms with Crippen LogP contribution in [-0.4, -0.2) is 19.8 Å². The van der Waals surface area contributed by atoms with E-state index in [1.807, 2.05) is 23.0 Å². The lowest BCUT2D eigenvalue weighted by Crippen LogP contribution is -2.11. The summed E-state index contributed by atoms with van der Waals surface area (Å²) >= 11 is 4.90. The van der Waals surface area contributed by atoms with Gasteiger partial charge in [0.05, 0.1) is 17.6 Å². The summed E-state index contributed by atoms with van der Waals surface area (Å²) in [6.07, 6.45) is 5.40. The van der Waals surface area contributed by atoms with Gasteiger partial charge in [-0.3, -0.25) is 9.67 Å². The second-order valence-electron chi connectivity index (χ2n) is 4.22. The third kappa shape index (κ3) is 2.84. The Morgan fingerprint density at radius 3 is 2.83 bits per heavy atom. The molecule has 0 bridgehead atoms. The monoisotopic (exact) mass is 261 g/mol. The van der Waals surface area contributed by atoms with Crippen LogP contribution in [0.3, 0.4) is 0 Å². The molecule has 0 aliphatic heterocycles. The van der Waals surface area contributed by atoms with E-state index in [1.165, 1.54) is 0 Å². The first-order valence-corrected chi connectivity index (χ1v) is 6.04. The van der Waals surface area contributed by atoms with Gasteiger partial charge in [-0.25, -0.2) is 0 Å². The van der Waals surface area contributed by atoms with Crippen LogP contribution in [0, 0.1) is 0 Å². The first-order chi connectivity index (χ1) is 8.56. The summed E-state index contributed by atoms with van der Waals surface area (Å²) in [7, 11) is 0. The largest absolute Gasteiger partial charge is 0.388 e. The van der Waals surface area contributed by atoms with Gasteiger partial charge in [-0.1, -0.05) is 12.2 Å². The second kappa shape index (κ2) is 5.14. The van der Waals surface area contributed by atoms with Gasteiger partial charge >= 0.3 is 0 Å². The van der Waals surface area contributed by atoms with Crippen LogP contribution in [0.15, 0.2) is 30.7 Å². The van der Waals surface area contributed by atoms with Gasteiger partial charge < -0.3 is 11.1 Å². The van der Waals surface area contributed by atoms with E-state index < -0.39 is 0 Å². The minimum atomic E-state index is 0.288. The molecule has 0 radical (unpaired) electrons. The fraction of sp³-hybridized carbons (Fsp3) is 0.250. The van der Waals surface area contributed by atoms with E-state index >= 15 is 0 Å². The lowest BCUT2D eigenvalue weighted by atomic mass is 10.3. The number of hydrogen-bond acceptors (Lipinski definition) is 4. The molecule has 2 heterocycles. The number of aromatic nitrogens is 3. The lowest BCUT2D eigenvalue weighted by molar-refractivity contribution is 0.532. The Labute approximate surface area is 111 Å². The summed E-state index contributed by atoms with van der Waals surface area (Å²) in [5, 5.41) is 7.49. The van der Waals surface area contributed by atoms with Gasteiger partial charge in [0.2, 0.25) is 0 Å². The topological polar surface area (TPSA) is 68.8 Å². The van der Waals surface area contributed by atoms with E-state index in [-0.39, 0.29) is 4.99 Å². The van der Waals surface area contributed by atoms with Crippen molar-refractivity contribution in [1.29, 1.82) is 0 Å². The molecule has 0 amide bonds. The van der Waals surface area contributed by atoms with Gasteiger partial charge in [-0.2, -0.15) is 5.10 Å². The van der Waals surface area contributed by atoms with Crippen molar-refractivity contribution >= 4 is 28.6 Å². The molecule has 5 nitrogen and oxygen atoms in total. The van der Waals surface area contributed by atoms with E-state index in [0.29, 0.717) is 11.7 Å². The van der Waals surface area contributed by atoms with Crippen LogP contribution in [0.1, 0.15) is 25.6 Å². The molecule has 0 atom stereocenters. The van der Waals surface area contributed by atoms with E-state index in [4.69, 9.17) is 18.0 Å². The molecular weight excluding hydrogens is 246 g/mol. The summed E-state index contributed by atoms with van der Waals surface area (Å²) in [6.45, 7) is 4.16. The maximum atomic E-state index is 5.54. The molecule has 0 aliphatic carbocycles. The maximum Gasteiger partial charge on any atom is 0.122 e. The van der Waals surface area contributed by atoms with E-state index in [9.17, 15) is 0 Å². The maximum absolute atomic E-state index is 5.54. The highest BCUT2D eigenvalue weighted by Gasteiger charge is 2.03. The Bertz CT molecular complexity index is 561. The molecule has 0 saturated carbocycles. The summed E-state index contributed by atoms with van der Waals surface area (Å²) in [4.78, 5) is 4.38. The minimum absolute atomic E-state index is 0.288. The Morgan fingerprint density at radius 2 is 2.22 bits per heavy atom. The van der Waals surface area contributed by atoms with Crippen LogP contribution in [0.5, 0.6) is 0 Å². The lowest BCUT2D eigenvalue weighted by Gasteiger charge is -2.05. The standard InChI is InChI=1S/C12H15N5S/c1-8(2)17-7-10(6-15-17)16-9-3-4-14-11(5-9)12(13)18/h3-8H,1-2H3,(H2,13,18)(H,14,16). The van der Waals surface area contributed by atoms with Crippen molar-refractivity contribution < 1.29 is 0 Å². The predicted molar refractivity (Wildman–Crippen MR) is 76.0 cm³/mol. The number of pyridine rings is 1. The zero-order chi connectivity index (χ0) is 13.1. The Hall–Kier alpha value is -1.95. The van der Waals surface area contributed by atoms with Gasteiger partial charge in [-0.05, 0) is 26.0 Å². The third-order valence-electron chi connectivity index (χ3n) is 2.43. The first kappa shape index (κ1) is 12.5. The van der Waals surface area contributed by atoms with Crippen LogP contribution in [0.2, 0.25) is 0 Å². The highest BCUT2D eigenvalue weighted by molar-refractivity contribution is 7.80. The highest BCUT2D eigenvalue weighted by atomic mass is 32.1. The Balaban J connectivity index is 2.17. The average Bonchev–Trinajstić information content (AvgIpc) is 2.78. The minimum Gasteiger partial charge on any atom is -0.388 e. The van der Waals surface area contributed by atoms with E-state index in [2.05, 4.69) is 29.2 Å². The van der Waals surface area contributed by atoms with Crippen molar-refractivity contribution in [3.05, 3.63) is 36.4 Å². The fourth-order valence-corrected chi connectivity index (χ4v) is 1.61. The SMILES string of the molecule is CC(C)n1cc(Nc2ccnc(C(N)=S)c2)cn1. The van der Waals surface area contributed by atoms with Crippen molar-refractivity contribution in [2.75, 3.05) is 5.32 Å². The van der Waals surface area contributed by atoms with Crippen LogP contribution in [0.4, 0.5) is 11.4 Å². The van der Waals surface area contributed by atoms with Gasteiger partial charge in [-0.15, -0.1) is 0 Å². The average molecular weight is 261 g/mol.